The highest BCUT2D eigenvalue weighted by atomic mass is 32.2. The zero-order chi connectivity index (χ0) is 10.6. The Morgan fingerprint density at radius 1 is 1.38 bits per heavy atom. The fourth-order valence-electron chi connectivity index (χ4n) is 0.810. The first-order valence-corrected chi connectivity index (χ1v) is 5.61. The summed E-state index contributed by atoms with van der Waals surface area (Å²) in [5.74, 6) is 1.22. The first-order valence-electron chi connectivity index (χ1n) is 4.57. The summed E-state index contributed by atoms with van der Waals surface area (Å²) in [6.07, 6.45) is 0. The van der Waals surface area contributed by atoms with E-state index in [4.69, 9.17) is 0 Å². The Hall–Kier alpha value is -0.180. The highest BCUT2D eigenvalue weighted by Gasteiger charge is 2.18. The minimum Gasteiger partial charge on any atom is -0.348 e. The molecule has 0 aromatic carbocycles. The fourth-order valence-corrected chi connectivity index (χ4v) is 1.91. The van der Waals surface area contributed by atoms with E-state index in [2.05, 4.69) is 20.8 Å². The fraction of sp³-hybridized carbons (Fsp3) is 0.900. The summed E-state index contributed by atoms with van der Waals surface area (Å²) in [5, 5.41) is 0.0780. The normalized spacial score (nSPS) is 14.0. The molecular formula is C10H21NOS. The summed E-state index contributed by atoms with van der Waals surface area (Å²) in [4.78, 5) is 13.1. The minimum absolute atomic E-state index is 0.0780. The molecule has 1 atom stereocenters. The van der Waals surface area contributed by atoms with Gasteiger partial charge in [-0.15, -0.1) is 11.8 Å². The molecule has 0 fully saturated rings. The van der Waals surface area contributed by atoms with Crippen LogP contribution in [0.3, 0.4) is 0 Å². The molecule has 0 aromatic rings. The Kier molecular flexibility index (Phi) is 4.82. The number of rotatable bonds is 3. The van der Waals surface area contributed by atoms with E-state index in [1.807, 2.05) is 6.92 Å². The van der Waals surface area contributed by atoms with Gasteiger partial charge in [0.1, 0.15) is 0 Å². The Labute approximate surface area is 86.1 Å². The van der Waals surface area contributed by atoms with Crippen molar-refractivity contribution in [2.45, 2.75) is 32.9 Å². The molecule has 0 saturated heterocycles. The summed E-state index contributed by atoms with van der Waals surface area (Å²) in [7, 11) is 3.60. The van der Waals surface area contributed by atoms with Gasteiger partial charge in [-0.05, 0) is 18.1 Å². The van der Waals surface area contributed by atoms with Crippen LogP contribution in [0.4, 0.5) is 0 Å². The molecule has 0 aromatic heterocycles. The molecule has 1 unspecified atom stereocenters. The number of carbonyl (C=O) groups excluding carboxylic acids is 1. The summed E-state index contributed by atoms with van der Waals surface area (Å²) >= 11 is 1.73. The third-order valence-corrected chi connectivity index (χ3v) is 3.29. The first kappa shape index (κ1) is 12.8. The van der Waals surface area contributed by atoms with Gasteiger partial charge < -0.3 is 4.90 Å². The average molecular weight is 203 g/mol. The molecule has 0 spiro atoms. The lowest BCUT2D eigenvalue weighted by Gasteiger charge is -2.21. The highest BCUT2D eigenvalue weighted by Crippen LogP contribution is 2.24. The number of carbonyl (C=O) groups is 1. The van der Waals surface area contributed by atoms with Gasteiger partial charge in [0.05, 0.1) is 5.25 Å². The smallest absolute Gasteiger partial charge is 0.234 e. The molecule has 0 heterocycles. The maximum Gasteiger partial charge on any atom is 0.234 e. The van der Waals surface area contributed by atoms with E-state index in [1.165, 1.54) is 0 Å². The standard InChI is InChI=1S/C10H21NOS/c1-8(9(12)11(5)6)13-7-10(2,3)4/h8H,7H2,1-6H3. The third kappa shape index (κ3) is 5.97. The second-order valence-electron chi connectivity index (χ2n) is 4.75. The Morgan fingerprint density at radius 2 is 1.85 bits per heavy atom. The van der Waals surface area contributed by atoms with Gasteiger partial charge in [-0.3, -0.25) is 4.79 Å². The lowest BCUT2D eigenvalue weighted by molar-refractivity contribution is -0.127. The molecule has 13 heavy (non-hydrogen) atoms. The van der Waals surface area contributed by atoms with Gasteiger partial charge in [-0.1, -0.05) is 20.8 Å². The first-order chi connectivity index (χ1) is 5.74. The van der Waals surface area contributed by atoms with E-state index in [9.17, 15) is 4.79 Å². The Morgan fingerprint density at radius 3 is 2.15 bits per heavy atom. The lowest BCUT2D eigenvalue weighted by atomic mass is 10.0. The molecule has 0 aliphatic rings. The molecular weight excluding hydrogens is 182 g/mol. The molecule has 0 aliphatic carbocycles. The highest BCUT2D eigenvalue weighted by molar-refractivity contribution is 8.00. The van der Waals surface area contributed by atoms with Crippen LogP contribution >= 0.6 is 11.8 Å². The van der Waals surface area contributed by atoms with Gasteiger partial charge in [0.15, 0.2) is 0 Å². The van der Waals surface area contributed by atoms with E-state index in [0.717, 1.165) is 5.75 Å². The predicted octanol–water partition coefficient (Wildman–Crippen LogP) is 2.24. The molecule has 0 N–H and O–H groups in total. The van der Waals surface area contributed by atoms with Crippen LogP contribution in [0.15, 0.2) is 0 Å². The monoisotopic (exact) mass is 203 g/mol. The Bertz CT molecular complexity index is 172. The number of amides is 1. The lowest BCUT2D eigenvalue weighted by Crippen LogP contribution is -2.30. The SMILES string of the molecule is CC(SCC(C)(C)C)C(=O)N(C)C. The molecule has 0 saturated carbocycles. The van der Waals surface area contributed by atoms with Crippen LogP contribution in [0.25, 0.3) is 0 Å². The van der Waals surface area contributed by atoms with Crippen molar-refractivity contribution in [1.82, 2.24) is 4.90 Å². The zero-order valence-electron chi connectivity index (χ0n) is 9.55. The van der Waals surface area contributed by atoms with Gasteiger partial charge >= 0.3 is 0 Å². The van der Waals surface area contributed by atoms with E-state index in [-0.39, 0.29) is 11.2 Å². The van der Waals surface area contributed by atoms with Crippen molar-refractivity contribution < 1.29 is 4.79 Å². The van der Waals surface area contributed by atoms with Crippen LogP contribution in [-0.4, -0.2) is 35.9 Å². The minimum atomic E-state index is 0.0780. The van der Waals surface area contributed by atoms with Crippen LogP contribution in [0, 0.1) is 5.41 Å². The van der Waals surface area contributed by atoms with Crippen molar-refractivity contribution in [3.63, 3.8) is 0 Å². The maximum atomic E-state index is 11.5. The summed E-state index contributed by atoms with van der Waals surface area (Å²) < 4.78 is 0. The van der Waals surface area contributed by atoms with Crippen molar-refractivity contribution >= 4 is 17.7 Å². The van der Waals surface area contributed by atoms with Gasteiger partial charge in [-0.2, -0.15) is 0 Å². The number of nitrogens with zero attached hydrogens (tertiary/aromatic N) is 1. The number of hydrogen-bond donors (Lipinski definition) is 0. The second kappa shape index (κ2) is 4.89. The largest absolute Gasteiger partial charge is 0.348 e. The van der Waals surface area contributed by atoms with E-state index in [1.54, 1.807) is 30.8 Å². The molecule has 0 radical (unpaired) electrons. The molecule has 0 bridgehead atoms. The topological polar surface area (TPSA) is 20.3 Å². The van der Waals surface area contributed by atoms with E-state index in [0.29, 0.717) is 5.41 Å². The third-order valence-electron chi connectivity index (χ3n) is 1.55. The van der Waals surface area contributed by atoms with Crippen LogP contribution in [0.5, 0.6) is 0 Å². The maximum absolute atomic E-state index is 11.5. The van der Waals surface area contributed by atoms with Crippen molar-refractivity contribution in [3.8, 4) is 0 Å². The summed E-state index contributed by atoms with van der Waals surface area (Å²) in [6.45, 7) is 8.53. The van der Waals surface area contributed by atoms with Gasteiger partial charge in [0.25, 0.3) is 0 Å². The van der Waals surface area contributed by atoms with Crippen LogP contribution in [-0.2, 0) is 4.79 Å². The van der Waals surface area contributed by atoms with Crippen molar-refractivity contribution in [3.05, 3.63) is 0 Å². The molecule has 0 aliphatic heterocycles. The van der Waals surface area contributed by atoms with Crippen LogP contribution in [0.1, 0.15) is 27.7 Å². The van der Waals surface area contributed by atoms with E-state index >= 15 is 0 Å². The van der Waals surface area contributed by atoms with Crippen molar-refractivity contribution in [2.75, 3.05) is 19.8 Å². The zero-order valence-corrected chi connectivity index (χ0v) is 10.4. The molecule has 0 rings (SSSR count). The van der Waals surface area contributed by atoms with Crippen molar-refractivity contribution in [1.29, 1.82) is 0 Å². The van der Waals surface area contributed by atoms with Gasteiger partial charge in [-0.25, -0.2) is 0 Å². The van der Waals surface area contributed by atoms with E-state index < -0.39 is 0 Å². The van der Waals surface area contributed by atoms with Crippen LogP contribution in [0.2, 0.25) is 0 Å². The van der Waals surface area contributed by atoms with Gasteiger partial charge in [0.2, 0.25) is 5.91 Å². The second-order valence-corrected chi connectivity index (χ2v) is 6.08. The summed E-state index contributed by atoms with van der Waals surface area (Å²) in [5.41, 5.74) is 0.297. The summed E-state index contributed by atoms with van der Waals surface area (Å²) in [6, 6.07) is 0. The predicted molar refractivity (Wildman–Crippen MR) is 60.1 cm³/mol. The van der Waals surface area contributed by atoms with Crippen molar-refractivity contribution in [2.24, 2.45) is 5.41 Å². The number of hydrogen-bond acceptors (Lipinski definition) is 2. The quantitative estimate of drug-likeness (QED) is 0.701. The molecule has 3 heteroatoms. The van der Waals surface area contributed by atoms with Crippen LogP contribution < -0.4 is 0 Å². The molecule has 2 nitrogen and oxygen atoms in total. The average Bonchev–Trinajstić information content (AvgIpc) is 1.97. The Balaban J connectivity index is 3.88. The number of thioether (sulfide) groups is 1. The molecule has 78 valence electrons. The van der Waals surface area contributed by atoms with Gasteiger partial charge in [0, 0.05) is 14.1 Å². The molecule has 1 amide bonds.